The molecule has 0 bridgehead atoms. The van der Waals surface area contributed by atoms with Crippen molar-refractivity contribution < 1.29 is 0 Å². The second kappa shape index (κ2) is 9.20. The fourth-order valence-electron chi connectivity index (χ4n) is 7.33. The molecule has 1 spiro atoms. The molecule has 7 aromatic rings. The van der Waals surface area contributed by atoms with Gasteiger partial charge in [-0.1, -0.05) is 146 Å². The average molecular weight is 547 g/mol. The first kappa shape index (κ1) is 24.0. The summed E-state index contributed by atoms with van der Waals surface area (Å²) >= 11 is 0. The number of fused-ring (bicyclic) bond motifs is 10. The molecule has 2 aliphatic rings. The Kier molecular flexibility index (Phi) is 5.15. The van der Waals surface area contributed by atoms with Crippen LogP contribution >= 0.6 is 0 Å². The lowest BCUT2D eigenvalue weighted by atomic mass is 9.70. The Morgan fingerprint density at radius 3 is 1.35 bits per heavy atom. The van der Waals surface area contributed by atoms with Crippen molar-refractivity contribution in [1.29, 1.82) is 0 Å². The first-order valence-electron chi connectivity index (χ1n) is 14.8. The van der Waals surface area contributed by atoms with Crippen molar-refractivity contribution in [2.75, 3.05) is 0 Å². The van der Waals surface area contributed by atoms with E-state index >= 15 is 0 Å². The molecule has 0 N–H and O–H groups in total. The van der Waals surface area contributed by atoms with Gasteiger partial charge in [-0.25, -0.2) is 9.97 Å². The van der Waals surface area contributed by atoms with Crippen molar-refractivity contribution in [3.8, 4) is 56.2 Å². The predicted molar refractivity (Wildman–Crippen MR) is 175 cm³/mol. The molecule has 0 amide bonds. The van der Waals surface area contributed by atoms with Crippen LogP contribution in [0.15, 0.2) is 158 Å². The SMILES string of the molecule is c1ccc(-c2cc(-c3ccc4c(c3)-c3ccccc3C43c4ccccc4-c4ccccc43)nc(-c3ccccc3)n2)cc1. The third kappa shape index (κ3) is 3.41. The Bertz CT molecular complexity index is 2080. The Labute approximate surface area is 251 Å². The number of hydrogen-bond donors (Lipinski definition) is 0. The Balaban J connectivity index is 1.30. The number of nitrogens with zero attached hydrogens (tertiary/aromatic N) is 2. The zero-order chi connectivity index (χ0) is 28.4. The Morgan fingerprint density at radius 2 is 0.767 bits per heavy atom. The summed E-state index contributed by atoms with van der Waals surface area (Å²) in [6, 6.07) is 56.5. The first-order valence-corrected chi connectivity index (χ1v) is 14.8. The summed E-state index contributed by atoms with van der Waals surface area (Å²) in [5, 5.41) is 0. The van der Waals surface area contributed by atoms with E-state index < -0.39 is 0 Å². The molecule has 6 aromatic carbocycles. The molecule has 2 heteroatoms. The van der Waals surface area contributed by atoms with Crippen LogP contribution in [-0.2, 0) is 5.41 Å². The highest BCUT2D eigenvalue weighted by atomic mass is 14.9. The summed E-state index contributed by atoms with van der Waals surface area (Å²) in [5.41, 5.74) is 15.2. The van der Waals surface area contributed by atoms with E-state index in [4.69, 9.17) is 9.97 Å². The lowest BCUT2D eigenvalue weighted by Gasteiger charge is -2.30. The van der Waals surface area contributed by atoms with E-state index in [-0.39, 0.29) is 5.41 Å². The van der Waals surface area contributed by atoms with Crippen LogP contribution in [0, 0.1) is 0 Å². The fraction of sp³-hybridized carbons (Fsp3) is 0.0244. The molecular weight excluding hydrogens is 520 g/mol. The van der Waals surface area contributed by atoms with Crippen LogP contribution in [0.4, 0.5) is 0 Å². The van der Waals surface area contributed by atoms with Gasteiger partial charge in [0.1, 0.15) is 0 Å². The summed E-state index contributed by atoms with van der Waals surface area (Å²) in [6.07, 6.45) is 0. The molecular formula is C41H26N2. The van der Waals surface area contributed by atoms with E-state index in [1.54, 1.807) is 0 Å². The van der Waals surface area contributed by atoms with Gasteiger partial charge in [0.05, 0.1) is 16.8 Å². The molecule has 0 saturated heterocycles. The van der Waals surface area contributed by atoms with Crippen LogP contribution in [0.1, 0.15) is 22.3 Å². The third-order valence-electron chi connectivity index (χ3n) is 9.12. The summed E-state index contributed by atoms with van der Waals surface area (Å²) < 4.78 is 0. The highest BCUT2D eigenvalue weighted by Crippen LogP contribution is 2.62. The van der Waals surface area contributed by atoms with Crippen molar-refractivity contribution in [3.63, 3.8) is 0 Å². The third-order valence-corrected chi connectivity index (χ3v) is 9.12. The normalized spacial score (nSPS) is 13.3. The molecule has 1 heterocycles. The molecule has 0 aliphatic heterocycles. The van der Waals surface area contributed by atoms with Crippen LogP contribution in [0.3, 0.4) is 0 Å². The molecule has 2 nitrogen and oxygen atoms in total. The molecule has 0 fully saturated rings. The Hall–Kier alpha value is -5.60. The van der Waals surface area contributed by atoms with E-state index in [0.29, 0.717) is 0 Å². The van der Waals surface area contributed by atoms with Gasteiger partial charge in [-0.05, 0) is 56.6 Å². The number of aromatic nitrogens is 2. The highest BCUT2D eigenvalue weighted by Gasteiger charge is 2.51. The Morgan fingerprint density at radius 1 is 0.326 bits per heavy atom. The molecule has 9 rings (SSSR count). The van der Waals surface area contributed by atoms with Gasteiger partial charge in [-0.2, -0.15) is 0 Å². The summed E-state index contributed by atoms with van der Waals surface area (Å²) in [7, 11) is 0. The standard InChI is InChI=1S/C41H26N2/c1-3-13-27(14-4-1)38-26-39(43-40(42-38)28-15-5-2-6-16-28)29-23-24-37-33(25-29)32-19-9-12-22-36(32)41(37)34-20-10-7-17-30(34)31-18-8-11-21-35(31)41/h1-26H. The molecule has 0 saturated carbocycles. The van der Waals surface area contributed by atoms with Crippen LogP contribution < -0.4 is 0 Å². The second-order valence-electron chi connectivity index (χ2n) is 11.3. The van der Waals surface area contributed by atoms with Crippen molar-refractivity contribution in [1.82, 2.24) is 9.97 Å². The maximum absolute atomic E-state index is 5.13. The zero-order valence-electron chi connectivity index (χ0n) is 23.4. The highest BCUT2D eigenvalue weighted by molar-refractivity contribution is 5.96. The quantitative estimate of drug-likeness (QED) is 0.220. The topological polar surface area (TPSA) is 25.8 Å². The minimum Gasteiger partial charge on any atom is -0.228 e. The summed E-state index contributed by atoms with van der Waals surface area (Å²) in [5.74, 6) is 0.730. The minimum absolute atomic E-state index is 0.340. The first-order chi connectivity index (χ1) is 21.3. The van der Waals surface area contributed by atoms with E-state index in [2.05, 4.69) is 133 Å². The van der Waals surface area contributed by atoms with E-state index in [1.807, 2.05) is 24.3 Å². The van der Waals surface area contributed by atoms with Gasteiger partial charge in [0.25, 0.3) is 0 Å². The lowest BCUT2D eigenvalue weighted by molar-refractivity contribution is 0.794. The van der Waals surface area contributed by atoms with Crippen LogP contribution in [-0.4, -0.2) is 9.97 Å². The van der Waals surface area contributed by atoms with Crippen LogP contribution in [0.5, 0.6) is 0 Å². The number of benzene rings is 6. The van der Waals surface area contributed by atoms with Crippen molar-refractivity contribution in [2.45, 2.75) is 5.41 Å². The molecule has 200 valence electrons. The van der Waals surface area contributed by atoms with Gasteiger partial charge in [-0.3, -0.25) is 0 Å². The minimum atomic E-state index is -0.340. The summed E-state index contributed by atoms with van der Waals surface area (Å²) in [6.45, 7) is 0. The predicted octanol–water partition coefficient (Wildman–Crippen LogP) is 9.82. The van der Waals surface area contributed by atoms with Gasteiger partial charge in [0.2, 0.25) is 0 Å². The molecule has 1 aromatic heterocycles. The van der Waals surface area contributed by atoms with Gasteiger partial charge in [0, 0.05) is 16.7 Å². The van der Waals surface area contributed by atoms with Crippen molar-refractivity contribution >= 4 is 0 Å². The maximum Gasteiger partial charge on any atom is 0.160 e. The largest absolute Gasteiger partial charge is 0.228 e. The van der Waals surface area contributed by atoms with Crippen molar-refractivity contribution in [2.24, 2.45) is 0 Å². The monoisotopic (exact) mass is 546 g/mol. The van der Waals surface area contributed by atoms with E-state index in [0.717, 1.165) is 33.9 Å². The molecule has 43 heavy (non-hydrogen) atoms. The van der Waals surface area contributed by atoms with Crippen LogP contribution in [0.2, 0.25) is 0 Å². The van der Waals surface area contributed by atoms with Gasteiger partial charge in [-0.15, -0.1) is 0 Å². The number of rotatable bonds is 3. The van der Waals surface area contributed by atoms with E-state index in [1.165, 1.54) is 44.5 Å². The fourth-order valence-corrected chi connectivity index (χ4v) is 7.33. The van der Waals surface area contributed by atoms with Crippen molar-refractivity contribution in [3.05, 3.63) is 180 Å². The van der Waals surface area contributed by atoms with Crippen LogP contribution in [0.25, 0.3) is 56.2 Å². The zero-order valence-corrected chi connectivity index (χ0v) is 23.4. The van der Waals surface area contributed by atoms with Gasteiger partial charge >= 0.3 is 0 Å². The van der Waals surface area contributed by atoms with Gasteiger partial charge < -0.3 is 0 Å². The van der Waals surface area contributed by atoms with Gasteiger partial charge in [0.15, 0.2) is 5.82 Å². The smallest absolute Gasteiger partial charge is 0.160 e. The molecule has 0 atom stereocenters. The second-order valence-corrected chi connectivity index (χ2v) is 11.3. The molecule has 0 unspecified atom stereocenters. The molecule has 2 aliphatic carbocycles. The molecule has 0 radical (unpaired) electrons. The maximum atomic E-state index is 5.13. The number of hydrogen-bond acceptors (Lipinski definition) is 2. The average Bonchev–Trinajstić information content (AvgIpc) is 3.56. The van der Waals surface area contributed by atoms with E-state index in [9.17, 15) is 0 Å². The lowest BCUT2D eigenvalue weighted by Crippen LogP contribution is -2.25. The summed E-state index contributed by atoms with van der Waals surface area (Å²) in [4.78, 5) is 10.1.